The molecule has 2 N–H and O–H groups in total. The van der Waals surface area contributed by atoms with Gasteiger partial charge in [-0.25, -0.2) is 0 Å². The maximum atomic E-state index is 11.8. The number of aryl methyl sites for hydroxylation is 2. The Balaban J connectivity index is 1.53. The molecule has 0 saturated carbocycles. The Morgan fingerprint density at radius 3 is 1.63 bits per heavy atom. The van der Waals surface area contributed by atoms with Crippen LogP contribution < -0.4 is 10.6 Å². The number of rotatable bonds is 10. The molecule has 0 fully saturated rings. The van der Waals surface area contributed by atoms with Crippen LogP contribution in [0.2, 0.25) is 0 Å². The zero-order valence-electron chi connectivity index (χ0n) is 16.1. The second-order valence-corrected chi connectivity index (χ2v) is 7.66. The molecule has 0 bridgehead atoms. The summed E-state index contributed by atoms with van der Waals surface area (Å²) in [5.41, 5.74) is 4.89. The van der Waals surface area contributed by atoms with Crippen molar-refractivity contribution in [2.24, 2.45) is 0 Å². The zero-order valence-corrected chi connectivity index (χ0v) is 16.9. The molecule has 0 spiro atoms. The Hall–Kier alpha value is -2.27. The van der Waals surface area contributed by atoms with Crippen molar-refractivity contribution >= 4 is 23.6 Å². The van der Waals surface area contributed by atoms with Gasteiger partial charge in [-0.05, 0) is 37.8 Å². The fourth-order valence-corrected chi connectivity index (χ4v) is 3.44. The molecule has 0 heterocycles. The maximum absolute atomic E-state index is 11.8. The van der Waals surface area contributed by atoms with Crippen LogP contribution in [0.25, 0.3) is 0 Å². The first-order valence-corrected chi connectivity index (χ1v) is 10.4. The summed E-state index contributed by atoms with van der Waals surface area (Å²) in [6.45, 7) is 5.35. The normalized spacial score (nSPS) is 10.4. The lowest BCUT2D eigenvalue weighted by atomic mass is 10.1. The van der Waals surface area contributed by atoms with Crippen molar-refractivity contribution in [1.29, 1.82) is 0 Å². The molecule has 2 amide bonds. The molecule has 0 radical (unpaired) electrons. The monoisotopic (exact) mass is 384 g/mol. The second kappa shape index (κ2) is 11.4. The van der Waals surface area contributed by atoms with Gasteiger partial charge in [0.15, 0.2) is 0 Å². The van der Waals surface area contributed by atoms with E-state index in [1.165, 1.54) is 34.0 Å². The van der Waals surface area contributed by atoms with E-state index in [0.29, 0.717) is 24.6 Å². The largest absolute Gasteiger partial charge is 0.355 e. The van der Waals surface area contributed by atoms with Crippen LogP contribution in [0.3, 0.4) is 0 Å². The van der Waals surface area contributed by atoms with Gasteiger partial charge in [0, 0.05) is 13.1 Å². The molecule has 27 heavy (non-hydrogen) atoms. The lowest BCUT2D eigenvalue weighted by molar-refractivity contribution is -0.118. The van der Waals surface area contributed by atoms with Gasteiger partial charge < -0.3 is 10.6 Å². The van der Waals surface area contributed by atoms with Gasteiger partial charge in [-0.15, -0.1) is 11.8 Å². The number of amides is 2. The predicted molar refractivity (Wildman–Crippen MR) is 113 cm³/mol. The van der Waals surface area contributed by atoms with Gasteiger partial charge in [-0.1, -0.05) is 59.7 Å². The van der Waals surface area contributed by atoms with Gasteiger partial charge in [0.05, 0.1) is 11.5 Å². The van der Waals surface area contributed by atoms with E-state index in [1.54, 1.807) is 0 Å². The minimum Gasteiger partial charge on any atom is -0.355 e. The molecule has 0 atom stereocenters. The van der Waals surface area contributed by atoms with Crippen molar-refractivity contribution in [3.63, 3.8) is 0 Å². The van der Waals surface area contributed by atoms with Gasteiger partial charge >= 0.3 is 0 Å². The molecule has 0 aliphatic heterocycles. The van der Waals surface area contributed by atoms with Crippen molar-refractivity contribution in [3.8, 4) is 0 Å². The van der Waals surface area contributed by atoms with E-state index in [0.717, 1.165) is 12.8 Å². The highest BCUT2D eigenvalue weighted by Crippen LogP contribution is 2.05. The minimum absolute atomic E-state index is 0.0276. The van der Waals surface area contributed by atoms with Gasteiger partial charge in [0.25, 0.3) is 0 Å². The first-order chi connectivity index (χ1) is 13.0. The number of carbonyl (C=O) groups is 2. The SMILES string of the molecule is Cc1cccc(CCNC(=O)CSCC(=O)NCCc2cccc(C)c2)c1. The summed E-state index contributed by atoms with van der Waals surface area (Å²) in [5, 5.41) is 5.81. The number of carbonyl (C=O) groups excluding carboxylic acids is 2. The minimum atomic E-state index is -0.0276. The number of nitrogens with one attached hydrogen (secondary N) is 2. The molecule has 4 nitrogen and oxygen atoms in total. The Bertz CT molecular complexity index is 698. The molecule has 2 aromatic rings. The maximum Gasteiger partial charge on any atom is 0.230 e. The van der Waals surface area contributed by atoms with Crippen LogP contribution in [-0.2, 0) is 22.4 Å². The molecule has 0 unspecified atom stereocenters. The van der Waals surface area contributed by atoms with Crippen LogP contribution in [-0.4, -0.2) is 36.4 Å². The lowest BCUT2D eigenvalue weighted by Gasteiger charge is -2.07. The first kappa shape index (κ1) is 21.0. The van der Waals surface area contributed by atoms with E-state index in [1.807, 2.05) is 12.1 Å². The summed E-state index contributed by atoms with van der Waals surface area (Å²) in [7, 11) is 0. The van der Waals surface area contributed by atoms with Crippen molar-refractivity contribution in [2.75, 3.05) is 24.6 Å². The fourth-order valence-electron chi connectivity index (χ4n) is 2.77. The molecule has 144 valence electrons. The van der Waals surface area contributed by atoms with Gasteiger partial charge in [0.2, 0.25) is 11.8 Å². The summed E-state index contributed by atoms with van der Waals surface area (Å²) in [5.74, 6) is 0.554. The Kier molecular flexibility index (Phi) is 8.92. The third kappa shape index (κ3) is 8.78. The first-order valence-electron chi connectivity index (χ1n) is 9.25. The Morgan fingerprint density at radius 2 is 1.22 bits per heavy atom. The van der Waals surface area contributed by atoms with E-state index in [-0.39, 0.29) is 11.8 Å². The summed E-state index contributed by atoms with van der Waals surface area (Å²) in [4.78, 5) is 23.7. The number of benzene rings is 2. The third-order valence-electron chi connectivity index (χ3n) is 4.10. The van der Waals surface area contributed by atoms with Crippen molar-refractivity contribution in [1.82, 2.24) is 10.6 Å². The predicted octanol–water partition coefficient (Wildman–Crippen LogP) is 3.05. The van der Waals surface area contributed by atoms with Gasteiger partial charge in [-0.2, -0.15) is 0 Å². The van der Waals surface area contributed by atoms with Crippen LogP contribution >= 0.6 is 11.8 Å². The fraction of sp³-hybridized carbons (Fsp3) is 0.364. The quantitative estimate of drug-likeness (QED) is 0.662. The summed E-state index contributed by atoms with van der Waals surface area (Å²) in [6, 6.07) is 16.6. The van der Waals surface area contributed by atoms with E-state index < -0.39 is 0 Å². The zero-order chi connectivity index (χ0) is 19.5. The lowest BCUT2D eigenvalue weighted by Crippen LogP contribution is -2.30. The van der Waals surface area contributed by atoms with Crippen molar-refractivity contribution < 1.29 is 9.59 Å². The van der Waals surface area contributed by atoms with E-state index >= 15 is 0 Å². The highest BCUT2D eigenvalue weighted by Gasteiger charge is 2.05. The molecule has 5 heteroatoms. The molecule has 0 aliphatic carbocycles. The topological polar surface area (TPSA) is 58.2 Å². The molecule has 2 aromatic carbocycles. The molecule has 0 saturated heterocycles. The van der Waals surface area contributed by atoms with E-state index in [2.05, 4.69) is 60.9 Å². The average Bonchev–Trinajstić information content (AvgIpc) is 2.62. The van der Waals surface area contributed by atoms with Gasteiger partial charge in [-0.3, -0.25) is 9.59 Å². The molecule has 0 aromatic heterocycles. The van der Waals surface area contributed by atoms with Crippen LogP contribution in [0, 0.1) is 13.8 Å². The Labute approximate surface area is 166 Å². The molecule has 2 rings (SSSR count). The van der Waals surface area contributed by atoms with Crippen LogP contribution in [0.4, 0.5) is 0 Å². The third-order valence-corrected chi connectivity index (χ3v) is 5.04. The summed E-state index contributed by atoms with van der Waals surface area (Å²) >= 11 is 1.34. The molecular formula is C22H28N2O2S. The average molecular weight is 385 g/mol. The van der Waals surface area contributed by atoms with Crippen LogP contribution in [0.15, 0.2) is 48.5 Å². The number of hydrogen-bond donors (Lipinski definition) is 2. The molecule has 0 aliphatic rings. The number of hydrogen-bond acceptors (Lipinski definition) is 3. The van der Waals surface area contributed by atoms with Crippen molar-refractivity contribution in [2.45, 2.75) is 26.7 Å². The second-order valence-electron chi connectivity index (χ2n) is 6.67. The highest BCUT2D eigenvalue weighted by atomic mass is 32.2. The Morgan fingerprint density at radius 1 is 0.778 bits per heavy atom. The highest BCUT2D eigenvalue weighted by molar-refractivity contribution is 8.00. The summed E-state index contributed by atoms with van der Waals surface area (Å²) < 4.78 is 0. The van der Waals surface area contributed by atoms with E-state index in [4.69, 9.17) is 0 Å². The molecular weight excluding hydrogens is 356 g/mol. The summed E-state index contributed by atoms with van der Waals surface area (Å²) in [6.07, 6.45) is 1.63. The van der Waals surface area contributed by atoms with Crippen molar-refractivity contribution in [3.05, 3.63) is 70.8 Å². The standard InChI is InChI=1S/C22H28N2O2S/c1-17-5-3-7-19(13-17)9-11-23-21(25)15-27-16-22(26)24-12-10-20-8-4-6-18(2)14-20/h3-8,13-14H,9-12,15-16H2,1-2H3,(H,23,25)(H,24,26). The number of thioether (sulfide) groups is 1. The smallest absolute Gasteiger partial charge is 0.230 e. The van der Waals surface area contributed by atoms with E-state index in [9.17, 15) is 9.59 Å². The van der Waals surface area contributed by atoms with Gasteiger partial charge in [0.1, 0.15) is 0 Å². The van der Waals surface area contributed by atoms with Crippen LogP contribution in [0.1, 0.15) is 22.3 Å². The van der Waals surface area contributed by atoms with Crippen LogP contribution in [0.5, 0.6) is 0 Å².